The smallest absolute Gasteiger partial charge is 0.269 e. The maximum absolute atomic E-state index is 12.6. The largest absolute Gasteiger partial charge is 0.366 e. The van der Waals surface area contributed by atoms with Crippen LogP contribution in [0.2, 0.25) is 0 Å². The van der Waals surface area contributed by atoms with Crippen LogP contribution in [0.1, 0.15) is 59.8 Å². The van der Waals surface area contributed by atoms with E-state index >= 15 is 0 Å². The molecule has 2 amide bonds. The molecule has 0 spiro atoms. The van der Waals surface area contributed by atoms with Crippen LogP contribution >= 0.6 is 0 Å². The van der Waals surface area contributed by atoms with Crippen LogP contribution < -0.4 is 16.0 Å². The average Bonchev–Trinajstić information content (AvgIpc) is 2.67. The summed E-state index contributed by atoms with van der Waals surface area (Å²) < 4.78 is 0. The van der Waals surface area contributed by atoms with Gasteiger partial charge in [0, 0.05) is 44.5 Å². The Morgan fingerprint density at radius 1 is 1.22 bits per heavy atom. The third-order valence-electron chi connectivity index (χ3n) is 5.58. The van der Waals surface area contributed by atoms with Crippen LogP contribution in [-0.2, 0) is 9.59 Å². The van der Waals surface area contributed by atoms with Crippen molar-refractivity contribution in [2.24, 2.45) is 0 Å². The minimum atomic E-state index is -0.407. The average molecular weight is 380 g/mol. The zero-order valence-electron chi connectivity index (χ0n) is 17.4. The minimum Gasteiger partial charge on any atom is -0.366 e. The molecule has 2 rings (SSSR count). The lowest BCUT2D eigenvalue weighted by molar-refractivity contribution is -0.131. The molecule has 0 bridgehead atoms. The highest BCUT2D eigenvalue weighted by Gasteiger charge is 2.37. The number of likely N-dealkylation sites (N-methyl/N-ethyl adjacent to an activating group) is 1. The number of nitrogens with one attached hydrogen (secondary N) is 3. The molecular weight excluding hydrogens is 342 g/mol. The summed E-state index contributed by atoms with van der Waals surface area (Å²) in [6.45, 7) is 11.9. The van der Waals surface area contributed by atoms with Gasteiger partial charge in [0.1, 0.15) is 5.70 Å². The monoisotopic (exact) mass is 379 g/mol. The van der Waals surface area contributed by atoms with Gasteiger partial charge in [-0.05, 0) is 26.2 Å². The summed E-state index contributed by atoms with van der Waals surface area (Å²) in [5, 5.41) is 8.59. The van der Waals surface area contributed by atoms with Gasteiger partial charge in [0.2, 0.25) is 0 Å². The van der Waals surface area contributed by atoms with E-state index in [1.54, 1.807) is 6.20 Å². The molecule has 154 valence electrons. The fourth-order valence-corrected chi connectivity index (χ4v) is 4.24. The summed E-state index contributed by atoms with van der Waals surface area (Å²) in [5.74, 6) is -0.407. The number of amides is 2. The molecule has 7 heteroatoms. The fraction of sp³-hybridized carbons (Fsp3) is 0.800. The Morgan fingerprint density at radius 3 is 2.48 bits per heavy atom. The number of piperazine rings is 1. The Labute approximate surface area is 163 Å². The zero-order chi connectivity index (χ0) is 19.8. The Kier molecular flexibility index (Phi) is 8.57. The van der Waals surface area contributed by atoms with Crippen LogP contribution in [0, 0.1) is 0 Å². The molecule has 0 aromatic carbocycles. The molecule has 0 radical (unpaired) electrons. The van der Waals surface area contributed by atoms with Crippen molar-refractivity contribution in [3.8, 4) is 0 Å². The number of hydrogen-bond acceptors (Lipinski definition) is 5. The number of hydrogen-bond donors (Lipinski definition) is 3. The van der Waals surface area contributed by atoms with Crippen molar-refractivity contribution in [1.82, 2.24) is 25.8 Å². The van der Waals surface area contributed by atoms with Gasteiger partial charge in [0.05, 0.1) is 0 Å². The van der Waals surface area contributed by atoms with Gasteiger partial charge in [-0.1, -0.05) is 33.6 Å². The van der Waals surface area contributed by atoms with E-state index in [9.17, 15) is 9.59 Å². The van der Waals surface area contributed by atoms with Crippen molar-refractivity contribution in [3.63, 3.8) is 0 Å². The molecule has 3 N–H and O–H groups in total. The van der Waals surface area contributed by atoms with Gasteiger partial charge in [-0.3, -0.25) is 19.4 Å². The van der Waals surface area contributed by atoms with Gasteiger partial charge in [0.15, 0.2) is 6.17 Å². The van der Waals surface area contributed by atoms with Crippen LogP contribution in [0.25, 0.3) is 0 Å². The van der Waals surface area contributed by atoms with Gasteiger partial charge in [0.25, 0.3) is 11.8 Å². The van der Waals surface area contributed by atoms with Crippen molar-refractivity contribution in [3.05, 3.63) is 11.9 Å². The Bertz CT molecular complexity index is 530. The Morgan fingerprint density at radius 2 is 1.93 bits per heavy atom. The van der Waals surface area contributed by atoms with Crippen molar-refractivity contribution in [2.45, 2.75) is 78.0 Å². The van der Waals surface area contributed by atoms with Crippen molar-refractivity contribution < 1.29 is 9.59 Å². The van der Waals surface area contributed by atoms with E-state index in [4.69, 9.17) is 0 Å². The highest BCUT2D eigenvalue weighted by Crippen LogP contribution is 2.23. The summed E-state index contributed by atoms with van der Waals surface area (Å²) in [7, 11) is 0. The number of nitrogens with zero attached hydrogens (tertiary/aromatic N) is 2. The molecule has 1 fully saturated rings. The second kappa shape index (κ2) is 10.7. The summed E-state index contributed by atoms with van der Waals surface area (Å²) in [4.78, 5) is 29.4. The molecule has 2 heterocycles. The summed E-state index contributed by atoms with van der Waals surface area (Å²) in [5.41, 5.74) is 0.287. The first-order valence-electron chi connectivity index (χ1n) is 10.6. The molecule has 2 unspecified atom stereocenters. The molecule has 2 atom stereocenters. The summed E-state index contributed by atoms with van der Waals surface area (Å²) >= 11 is 0. The van der Waals surface area contributed by atoms with Gasteiger partial charge in [-0.25, -0.2) is 0 Å². The third-order valence-corrected chi connectivity index (χ3v) is 5.58. The first-order chi connectivity index (χ1) is 13.0. The van der Waals surface area contributed by atoms with Crippen LogP contribution in [0.5, 0.6) is 0 Å². The van der Waals surface area contributed by atoms with E-state index in [0.717, 1.165) is 26.1 Å². The van der Waals surface area contributed by atoms with E-state index in [0.29, 0.717) is 18.6 Å². The molecule has 2 aliphatic rings. The Balaban J connectivity index is 2.01. The lowest BCUT2D eigenvalue weighted by Gasteiger charge is -2.47. The van der Waals surface area contributed by atoms with Crippen molar-refractivity contribution in [1.29, 1.82) is 0 Å². The van der Waals surface area contributed by atoms with E-state index < -0.39 is 6.17 Å². The second-order valence-electron chi connectivity index (χ2n) is 7.50. The summed E-state index contributed by atoms with van der Waals surface area (Å²) in [6, 6.07) is 1.11. The molecule has 0 aromatic heterocycles. The van der Waals surface area contributed by atoms with Gasteiger partial charge < -0.3 is 16.0 Å². The third kappa shape index (κ3) is 5.45. The van der Waals surface area contributed by atoms with Gasteiger partial charge >= 0.3 is 0 Å². The van der Waals surface area contributed by atoms with E-state index in [-0.39, 0.29) is 17.5 Å². The fourth-order valence-electron chi connectivity index (χ4n) is 4.24. The molecule has 27 heavy (non-hydrogen) atoms. The minimum absolute atomic E-state index is 0.152. The number of carbonyl (C=O) groups is 2. The molecule has 0 saturated carbocycles. The predicted molar refractivity (Wildman–Crippen MR) is 108 cm³/mol. The highest BCUT2D eigenvalue weighted by molar-refractivity contribution is 5.99. The normalized spacial score (nSPS) is 24.3. The molecule has 7 nitrogen and oxygen atoms in total. The van der Waals surface area contributed by atoms with E-state index in [1.807, 2.05) is 6.92 Å². The van der Waals surface area contributed by atoms with Gasteiger partial charge in [-0.15, -0.1) is 0 Å². The van der Waals surface area contributed by atoms with Crippen molar-refractivity contribution >= 4 is 11.8 Å². The first kappa shape index (κ1) is 21.7. The first-order valence-corrected chi connectivity index (χ1v) is 10.6. The lowest BCUT2D eigenvalue weighted by Crippen LogP contribution is -2.65. The van der Waals surface area contributed by atoms with E-state index in [1.165, 1.54) is 25.7 Å². The topological polar surface area (TPSA) is 76.7 Å². The van der Waals surface area contributed by atoms with Crippen LogP contribution in [0.15, 0.2) is 11.9 Å². The molecule has 0 aliphatic carbocycles. The van der Waals surface area contributed by atoms with E-state index in [2.05, 4.69) is 46.5 Å². The quantitative estimate of drug-likeness (QED) is 0.564. The van der Waals surface area contributed by atoms with Crippen LogP contribution in [0.3, 0.4) is 0 Å². The summed E-state index contributed by atoms with van der Waals surface area (Å²) in [6.07, 6.45) is 7.20. The molecule has 0 aromatic rings. The van der Waals surface area contributed by atoms with Gasteiger partial charge in [-0.2, -0.15) is 0 Å². The molecule has 2 aliphatic heterocycles. The highest BCUT2D eigenvalue weighted by atomic mass is 16.2. The SMILES string of the molecule is CCCC(CCC)N1CCN(C2NC=C(C(=O)NCC)NC2=O)CC1CC. The second-order valence-corrected chi connectivity index (χ2v) is 7.50. The maximum Gasteiger partial charge on any atom is 0.269 e. The zero-order valence-corrected chi connectivity index (χ0v) is 17.4. The lowest BCUT2D eigenvalue weighted by atomic mass is 9.99. The Hall–Kier alpha value is -1.60. The predicted octanol–water partition coefficient (Wildman–Crippen LogP) is 1.37. The number of rotatable bonds is 9. The molecule has 1 saturated heterocycles. The van der Waals surface area contributed by atoms with Crippen LogP contribution in [-0.4, -0.2) is 66.0 Å². The van der Waals surface area contributed by atoms with Crippen LogP contribution in [0.4, 0.5) is 0 Å². The molecular formula is C20H37N5O2. The standard InChI is InChI=1S/C20H37N5O2/c1-5-9-16(10-6-2)25-12-11-24(14-15(25)7-3)18-20(27)23-17(13-22-18)19(26)21-8-4/h13,15-16,18,22H,5-12,14H2,1-4H3,(H,21,26)(H,23,27). The maximum atomic E-state index is 12.6. The number of carbonyl (C=O) groups excluding carboxylic acids is 2. The van der Waals surface area contributed by atoms with Crippen molar-refractivity contribution in [2.75, 3.05) is 26.2 Å².